The van der Waals surface area contributed by atoms with Gasteiger partial charge in [0.05, 0.1) is 29.4 Å². The summed E-state index contributed by atoms with van der Waals surface area (Å²) in [6, 6.07) is 13.8. The van der Waals surface area contributed by atoms with Gasteiger partial charge in [0.25, 0.3) is 0 Å². The molecule has 0 saturated carbocycles. The minimum absolute atomic E-state index is 0.0561. The zero-order valence-corrected chi connectivity index (χ0v) is 30.5. The maximum Gasteiger partial charge on any atom is 0.339 e. The first-order chi connectivity index (χ1) is 24.0. The number of benzene rings is 2. The Morgan fingerprint density at radius 2 is 1.38 bits per heavy atom. The van der Waals surface area contributed by atoms with Crippen LogP contribution in [0.2, 0.25) is 0 Å². The monoisotopic (exact) mass is 727 g/mol. The van der Waals surface area contributed by atoms with E-state index in [-0.39, 0.29) is 47.9 Å². The van der Waals surface area contributed by atoms with Gasteiger partial charge < -0.3 is 25.4 Å². The molecule has 1 aliphatic rings. The average molecular weight is 728 g/mol. The van der Waals surface area contributed by atoms with E-state index in [2.05, 4.69) is 35.2 Å². The Morgan fingerprint density at radius 1 is 0.780 bits per heavy atom. The predicted molar refractivity (Wildman–Crippen MR) is 197 cm³/mol. The van der Waals surface area contributed by atoms with Crippen molar-refractivity contribution in [1.82, 2.24) is 16.0 Å². The summed E-state index contributed by atoms with van der Waals surface area (Å²) in [5.41, 5.74) is 3.39. The molecular weight excluding hydrogens is 679 g/mol. The second kappa shape index (κ2) is 21.2. The van der Waals surface area contributed by atoms with Gasteiger partial charge in [-0.05, 0) is 54.7 Å². The maximum atomic E-state index is 12.5. The van der Waals surface area contributed by atoms with Crippen LogP contribution in [0.3, 0.4) is 0 Å². The Labute approximate surface area is 301 Å². The molecule has 50 heavy (non-hydrogen) atoms. The fourth-order valence-corrected chi connectivity index (χ4v) is 5.98. The standard InChI is InChI=1S/C37H49N3O8S2/c1-27(23-39-35(43)26-49)11-20-33(41)40-24-34(42)38-21-9-7-5-3-4-6-8-10-22-47-30-16-12-29(13-17-30)36-32(25-48-37(36)44)28-14-18-31(19-15-28)50(2,45)46/h12-19,49H,1,3-11,20-26H2,2H3,(H,38,42)(H,39,43)(H,40,41). The molecule has 0 bridgehead atoms. The van der Waals surface area contributed by atoms with Crippen molar-refractivity contribution in [3.05, 3.63) is 71.8 Å². The van der Waals surface area contributed by atoms with E-state index in [1.54, 1.807) is 12.1 Å². The van der Waals surface area contributed by atoms with E-state index in [9.17, 15) is 27.6 Å². The summed E-state index contributed by atoms with van der Waals surface area (Å²) in [6.45, 7) is 5.40. The van der Waals surface area contributed by atoms with Crippen molar-refractivity contribution in [2.75, 3.05) is 44.9 Å². The molecule has 272 valence electrons. The van der Waals surface area contributed by atoms with Gasteiger partial charge >= 0.3 is 5.97 Å². The van der Waals surface area contributed by atoms with Gasteiger partial charge in [-0.3, -0.25) is 14.4 Å². The van der Waals surface area contributed by atoms with E-state index in [4.69, 9.17) is 9.47 Å². The van der Waals surface area contributed by atoms with Crippen LogP contribution in [0.15, 0.2) is 65.6 Å². The van der Waals surface area contributed by atoms with Gasteiger partial charge in [0.1, 0.15) is 12.4 Å². The third kappa shape index (κ3) is 14.4. The molecule has 2 aromatic rings. The van der Waals surface area contributed by atoms with E-state index in [0.29, 0.717) is 31.7 Å². The third-order valence-corrected chi connectivity index (χ3v) is 9.54. The topological polar surface area (TPSA) is 157 Å². The lowest BCUT2D eigenvalue weighted by Gasteiger charge is -2.09. The van der Waals surface area contributed by atoms with Gasteiger partial charge in [-0.25, -0.2) is 13.2 Å². The zero-order chi connectivity index (χ0) is 36.4. The van der Waals surface area contributed by atoms with Crippen LogP contribution in [0.4, 0.5) is 0 Å². The van der Waals surface area contributed by atoms with Crippen LogP contribution in [-0.4, -0.2) is 77.0 Å². The van der Waals surface area contributed by atoms with Gasteiger partial charge in [0, 0.05) is 31.3 Å². The lowest BCUT2D eigenvalue weighted by molar-refractivity contribution is -0.134. The van der Waals surface area contributed by atoms with Gasteiger partial charge in [-0.15, -0.1) is 0 Å². The fourth-order valence-electron chi connectivity index (χ4n) is 5.24. The zero-order valence-electron chi connectivity index (χ0n) is 28.8. The second-order valence-corrected chi connectivity index (χ2v) is 14.6. The first-order valence-corrected chi connectivity index (χ1v) is 19.5. The summed E-state index contributed by atoms with van der Waals surface area (Å²) in [5, 5.41) is 8.09. The van der Waals surface area contributed by atoms with Crippen molar-refractivity contribution in [3.8, 4) is 5.75 Å². The SMILES string of the molecule is C=C(CCC(=O)NCC(=O)NCCCCCCCCCCOc1ccc(C2=C(c3ccc(S(C)(=O)=O)cc3)COC2=O)cc1)CNC(=O)CS. The molecule has 0 fully saturated rings. The van der Waals surface area contributed by atoms with Crippen molar-refractivity contribution >= 4 is 57.3 Å². The number of carbonyl (C=O) groups excluding carboxylic acids is 4. The number of hydrogen-bond acceptors (Lipinski definition) is 9. The highest BCUT2D eigenvalue weighted by molar-refractivity contribution is 7.90. The molecule has 1 heterocycles. The number of rotatable bonds is 23. The van der Waals surface area contributed by atoms with E-state index in [0.717, 1.165) is 85.6 Å². The molecule has 0 aliphatic carbocycles. The van der Waals surface area contributed by atoms with Crippen LogP contribution in [-0.2, 0) is 33.8 Å². The van der Waals surface area contributed by atoms with Crippen molar-refractivity contribution in [1.29, 1.82) is 0 Å². The predicted octanol–water partition coefficient (Wildman–Crippen LogP) is 4.67. The van der Waals surface area contributed by atoms with Crippen molar-refractivity contribution < 1.29 is 37.1 Å². The van der Waals surface area contributed by atoms with Crippen molar-refractivity contribution in [2.24, 2.45) is 0 Å². The maximum absolute atomic E-state index is 12.5. The summed E-state index contributed by atoms with van der Waals surface area (Å²) in [5.74, 6) is -0.216. The summed E-state index contributed by atoms with van der Waals surface area (Å²) in [7, 11) is -3.31. The van der Waals surface area contributed by atoms with Crippen LogP contribution in [0.5, 0.6) is 5.75 Å². The van der Waals surface area contributed by atoms with Crippen LogP contribution < -0.4 is 20.7 Å². The number of sulfone groups is 1. The molecule has 11 nitrogen and oxygen atoms in total. The van der Waals surface area contributed by atoms with Crippen molar-refractivity contribution in [2.45, 2.75) is 69.1 Å². The number of cyclic esters (lactones) is 1. The molecule has 3 amide bonds. The fraction of sp³-hybridized carbons (Fsp3) is 0.459. The summed E-state index contributed by atoms with van der Waals surface area (Å²) in [4.78, 5) is 47.9. The Kier molecular flexibility index (Phi) is 17.1. The minimum Gasteiger partial charge on any atom is -0.494 e. The molecule has 0 radical (unpaired) electrons. The molecule has 1 aliphatic heterocycles. The Hall–Kier alpha value is -4.10. The first kappa shape index (κ1) is 40.3. The summed E-state index contributed by atoms with van der Waals surface area (Å²) < 4.78 is 34.8. The third-order valence-electron chi connectivity index (χ3n) is 8.12. The molecule has 3 rings (SSSR count). The number of esters is 1. The second-order valence-electron chi connectivity index (χ2n) is 12.2. The highest BCUT2D eigenvalue weighted by atomic mass is 32.2. The quantitative estimate of drug-likeness (QED) is 0.0557. The normalized spacial score (nSPS) is 12.7. The molecule has 2 aromatic carbocycles. The minimum atomic E-state index is -3.31. The van der Waals surface area contributed by atoms with E-state index in [1.165, 1.54) is 12.1 Å². The largest absolute Gasteiger partial charge is 0.494 e. The number of hydrogen-bond donors (Lipinski definition) is 4. The summed E-state index contributed by atoms with van der Waals surface area (Å²) >= 11 is 3.88. The molecule has 0 aromatic heterocycles. The highest BCUT2D eigenvalue weighted by Crippen LogP contribution is 2.34. The van der Waals surface area contributed by atoms with Gasteiger partial charge in [0.15, 0.2) is 9.84 Å². The smallest absolute Gasteiger partial charge is 0.339 e. The van der Waals surface area contributed by atoms with E-state index >= 15 is 0 Å². The molecule has 0 unspecified atom stereocenters. The molecular formula is C37H49N3O8S2. The van der Waals surface area contributed by atoms with Crippen LogP contribution >= 0.6 is 12.6 Å². The summed E-state index contributed by atoms with van der Waals surface area (Å²) in [6.07, 6.45) is 10.2. The van der Waals surface area contributed by atoms with Crippen LogP contribution in [0, 0.1) is 0 Å². The Balaban J connectivity index is 1.20. The lowest BCUT2D eigenvalue weighted by Crippen LogP contribution is -2.37. The number of unbranched alkanes of at least 4 members (excludes halogenated alkanes) is 7. The number of nitrogens with one attached hydrogen (secondary N) is 3. The van der Waals surface area contributed by atoms with Gasteiger partial charge in [0.2, 0.25) is 17.7 Å². The van der Waals surface area contributed by atoms with Crippen LogP contribution in [0.1, 0.15) is 75.3 Å². The number of thiol groups is 1. The molecule has 13 heteroatoms. The molecule has 0 atom stereocenters. The molecule has 3 N–H and O–H groups in total. The van der Waals surface area contributed by atoms with Gasteiger partial charge in [-0.2, -0.15) is 12.6 Å². The van der Waals surface area contributed by atoms with Gasteiger partial charge in [-0.1, -0.05) is 74.9 Å². The molecule has 0 spiro atoms. The number of amides is 3. The van der Waals surface area contributed by atoms with Crippen molar-refractivity contribution in [3.63, 3.8) is 0 Å². The Morgan fingerprint density at radius 3 is 2.02 bits per heavy atom. The average Bonchev–Trinajstić information content (AvgIpc) is 3.50. The highest BCUT2D eigenvalue weighted by Gasteiger charge is 2.27. The van der Waals surface area contributed by atoms with E-state index < -0.39 is 15.8 Å². The Bertz CT molecular complexity index is 1600. The number of carbonyl (C=O) groups is 4. The van der Waals surface area contributed by atoms with Crippen LogP contribution in [0.25, 0.3) is 11.1 Å². The van der Waals surface area contributed by atoms with E-state index in [1.807, 2.05) is 24.3 Å². The lowest BCUT2D eigenvalue weighted by atomic mass is 9.97. The number of ether oxygens (including phenoxy) is 2. The molecule has 0 saturated heterocycles. The first-order valence-electron chi connectivity index (χ1n) is 17.0.